The number of likely N-dealkylation sites (tertiary alicyclic amines) is 1. The van der Waals surface area contributed by atoms with Crippen molar-refractivity contribution < 1.29 is 9.59 Å². The van der Waals surface area contributed by atoms with Gasteiger partial charge in [0, 0.05) is 30.7 Å². The highest BCUT2D eigenvalue weighted by atomic mass is 16.2. The van der Waals surface area contributed by atoms with Crippen LogP contribution in [0.1, 0.15) is 31.2 Å². The molecule has 1 aliphatic carbocycles. The Morgan fingerprint density at radius 1 is 1.00 bits per heavy atom. The molecular weight excluding hydrogens is 350 g/mol. The molecule has 1 aliphatic heterocycles. The normalized spacial score (nSPS) is 20.3. The topological polar surface area (TPSA) is 61.4 Å². The molecule has 1 saturated heterocycles. The van der Waals surface area contributed by atoms with Crippen LogP contribution in [-0.4, -0.2) is 36.5 Å². The molecule has 2 aliphatic rings. The highest BCUT2D eigenvalue weighted by Gasteiger charge is 2.44. The van der Waals surface area contributed by atoms with Crippen LogP contribution in [0.3, 0.4) is 0 Å². The van der Waals surface area contributed by atoms with Crippen molar-refractivity contribution in [2.75, 3.05) is 25.0 Å². The fourth-order valence-electron chi connectivity index (χ4n) is 4.01. The summed E-state index contributed by atoms with van der Waals surface area (Å²) >= 11 is 0. The number of urea groups is 1. The van der Waals surface area contributed by atoms with Gasteiger partial charge >= 0.3 is 6.03 Å². The molecule has 28 heavy (non-hydrogen) atoms. The highest BCUT2D eigenvalue weighted by molar-refractivity contribution is 5.93. The van der Waals surface area contributed by atoms with E-state index in [1.54, 1.807) is 4.90 Å². The zero-order chi connectivity index (χ0) is 19.4. The Bertz CT molecular complexity index is 818. The number of hydrogen-bond donors (Lipinski definition) is 2. The molecule has 2 fully saturated rings. The number of rotatable bonds is 5. The van der Waals surface area contributed by atoms with Crippen molar-refractivity contribution in [1.82, 2.24) is 10.2 Å². The van der Waals surface area contributed by atoms with Gasteiger partial charge in [-0.05, 0) is 43.4 Å². The number of piperidine rings is 1. The van der Waals surface area contributed by atoms with E-state index in [0.717, 1.165) is 31.4 Å². The van der Waals surface area contributed by atoms with Crippen molar-refractivity contribution in [3.8, 4) is 0 Å². The van der Waals surface area contributed by atoms with Gasteiger partial charge in [0.1, 0.15) is 0 Å². The molecule has 0 aromatic heterocycles. The van der Waals surface area contributed by atoms with Gasteiger partial charge in [-0.25, -0.2) is 4.79 Å². The largest absolute Gasteiger partial charge is 0.337 e. The minimum Gasteiger partial charge on any atom is -0.337 e. The van der Waals surface area contributed by atoms with Gasteiger partial charge in [-0.15, -0.1) is 0 Å². The van der Waals surface area contributed by atoms with Crippen molar-refractivity contribution in [2.24, 2.45) is 5.92 Å². The molecular formula is C23H27N3O2. The Morgan fingerprint density at radius 2 is 1.68 bits per heavy atom. The van der Waals surface area contributed by atoms with Crippen LogP contribution >= 0.6 is 0 Å². The molecule has 5 nitrogen and oxygen atoms in total. The molecule has 1 saturated carbocycles. The van der Waals surface area contributed by atoms with E-state index in [0.29, 0.717) is 19.6 Å². The Balaban J connectivity index is 1.30. The second-order valence-corrected chi connectivity index (χ2v) is 7.95. The lowest BCUT2D eigenvalue weighted by atomic mass is 9.96. The summed E-state index contributed by atoms with van der Waals surface area (Å²) in [6.07, 6.45) is 3.89. The van der Waals surface area contributed by atoms with E-state index in [4.69, 9.17) is 0 Å². The number of nitrogens with zero attached hydrogens (tertiary/aromatic N) is 1. The number of nitrogens with one attached hydrogen (secondary N) is 2. The van der Waals surface area contributed by atoms with E-state index in [-0.39, 0.29) is 23.3 Å². The van der Waals surface area contributed by atoms with Gasteiger partial charge in [0.25, 0.3) is 0 Å². The van der Waals surface area contributed by atoms with Crippen molar-refractivity contribution in [3.63, 3.8) is 0 Å². The predicted octanol–water partition coefficient (Wildman–Crippen LogP) is 3.78. The van der Waals surface area contributed by atoms with Crippen LogP contribution in [0, 0.1) is 5.92 Å². The molecule has 1 heterocycles. The number of carbonyl (C=O) groups is 2. The second kappa shape index (κ2) is 8.05. The number of benzene rings is 2. The Labute approximate surface area is 166 Å². The van der Waals surface area contributed by atoms with Crippen molar-refractivity contribution >= 4 is 17.6 Å². The van der Waals surface area contributed by atoms with Gasteiger partial charge in [-0.3, -0.25) is 4.79 Å². The van der Waals surface area contributed by atoms with Crippen LogP contribution in [0.25, 0.3) is 0 Å². The molecule has 0 bridgehead atoms. The van der Waals surface area contributed by atoms with Gasteiger partial charge in [0.15, 0.2) is 0 Å². The predicted molar refractivity (Wildman–Crippen MR) is 110 cm³/mol. The van der Waals surface area contributed by atoms with Crippen LogP contribution in [0.2, 0.25) is 0 Å². The molecule has 4 rings (SSSR count). The average Bonchev–Trinajstić information content (AvgIpc) is 3.55. The third kappa shape index (κ3) is 4.19. The highest BCUT2D eigenvalue weighted by Crippen LogP contribution is 2.47. The monoisotopic (exact) mass is 377 g/mol. The molecule has 3 amide bonds. The van der Waals surface area contributed by atoms with Gasteiger partial charge < -0.3 is 15.5 Å². The van der Waals surface area contributed by atoms with Crippen LogP contribution in [-0.2, 0) is 10.2 Å². The summed E-state index contributed by atoms with van der Waals surface area (Å²) in [5.41, 5.74) is 2.19. The van der Waals surface area contributed by atoms with Crippen molar-refractivity contribution in [3.05, 3.63) is 66.2 Å². The summed E-state index contributed by atoms with van der Waals surface area (Å²) in [7, 11) is 0. The summed E-state index contributed by atoms with van der Waals surface area (Å²) < 4.78 is 0. The van der Waals surface area contributed by atoms with Crippen LogP contribution < -0.4 is 10.6 Å². The minimum absolute atomic E-state index is 0.00773. The lowest BCUT2D eigenvalue weighted by molar-refractivity contribution is -0.121. The summed E-state index contributed by atoms with van der Waals surface area (Å²) in [6, 6.07) is 19.8. The molecule has 2 N–H and O–H groups in total. The quantitative estimate of drug-likeness (QED) is 0.833. The van der Waals surface area contributed by atoms with Gasteiger partial charge in [0.05, 0.1) is 5.92 Å². The zero-order valence-electron chi connectivity index (χ0n) is 16.1. The standard InChI is InChI=1S/C23H27N3O2/c27-21(25-20-11-5-2-6-12-20)18-8-7-15-26(16-18)22(28)24-17-23(13-14-23)19-9-3-1-4-10-19/h1-6,9-12,18H,7-8,13-17H2,(H,24,28)(H,25,27). The molecule has 1 atom stereocenters. The van der Waals surface area contributed by atoms with E-state index in [1.807, 2.05) is 36.4 Å². The van der Waals surface area contributed by atoms with Gasteiger partial charge in [0.2, 0.25) is 5.91 Å². The summed E-state index contributed by atoms with van der Waals surface area (Å²) in [6.45, 7) is 1.84. The first kappa shape index (κ1) is 18.5. The Morgan fingerprint density at radius 3 is 2.36 bits per heavy atom. The molecule has 146 valence electrons. The number of carbonyl (C=O) groups excluding carboxylic acids is 2. The fraction of sp³-hybridized carbons (Fsp3) is 0.391. The second-order valence-electron chi connectivity index (χ2n) is 7.95. The zero-order valence-corrected chi connectivity index (χ0v) is 16.1. The summed E-state index contributed by atoms with van der Waals surface area (Å²) in [5.74, 6) is -0.171. The third-order valence-corrected chi connectivity index (χ3v) is 5.94. The summed E-state index contributed by atoms with van der Waals surface area (Å²) in [5, 5.41) is 6.08. The molecule has 2 aromatic carbocycles. The maximum absolute atomic E-state index is 12.7. The maximum Gasteiger partial charge on any atom is 0.317 e. The van der Waals surface area contributed by atoms with E-state index in [1.165, 1.54) is 5.56 Å². The van der Waals surface area contributed by atoms with Crippen molar-refractivity contribution in [2.45, 2.75) is 31.1 Å². The first-order chi connectivity index (χ1) is 13.7. The first-order valence-electron chi connectivity index (χ1n) is 10.1. The first-order valence-corrected chi connectivity index (χ1v) is 10.1. The van der Waals surface area contributed by atoms with E-state index >= 15 is 0 Å². The van der Waals surface area contributed by atoms with E-state index < -0.39 is 0 Å². The molecule has 1 unspecified atom stereocenters. The fourth-order valence-corrected chi connectivity index (χ4v) is 4.01. The third-order valence-electron chi connectivity index (χ3n) is 5.94. The van der Waals surface area contributed by atoms with Gasteiger partial charge in [-0.2, -0.15) is 0 Å². The van der Waals surface area contributed by atoms with Crippen LogP contribution in [0.4, 0.5) is 10.5 Å². The smallest absolute Gasteiger partial charge is 0.317 e. The SMILES string of the molecule is O=C(Nc1ccccc1)C1CCCN(C(=O)NCC2(c3ccccc3)CC2)C1. The van der Waals surface area contributed by atoms with Crippen molar-refractivity contribution in [1.29, 1.82) is 0 Å². The number of anilines is 1. The maximum atomic E-state index is 12.7. The molecule has 0 spiro atoms. The van der Waals surface area contributed by atoms with E-state index in [9.17, 15) is 9.59 Å². The van der Waals surface area contributed by atoms with E-state index in [2.05, 4.69) is 34.9 Å². The average molecular weight is 377 g/mol. The van der Waals surface area contributed by atoms with Crippen LogP contribution in [0.5, 0.6) is 0 Å². The minimum atomic E-state index is -0.163. The van der Waals surface area contributed by atoms with Gasteiger partial charge in [-0.1, -0.05) is 48.5 Å². The lowest BCUT2D eigenvalue weighted by Gasteiger charge is -2.32. The molecule has 5 heteroatoms. The number of hydrogen-bond acceptors (Lipinski definition) is 2. The Kier molecular flexibility index (Phi) is 5.33. The number of para-hydroxylation sites is 1. The Hall–Kier alpha value is -2.82. The number of amides is 3. The summed E-state index contributed by atoms with van der Waals surface area (Å²) in [4.78, 5) is 27.1. The molecule has 0 radical (unpaired) electrons. The lowest BCUT2D eigenvalue weighted by Crippen LogP contribution is -2.49. The van der Waals surface area contributed by atoms with Crippen LogP contribution in [0.15, 0.2) is 60.7 Å². The molecule has 2 aromatic rings.